The summed E-state index contributed by atoms with van der Waals surface area (Å²) in [5.74, 6) is 2.37. The van der Waals surface area contributed by atoms with Crippen LogP contribution in [0.2, 0.25) is 0 Å². The van der Waals surface area contributed by atoms with Gasteiger partial charge < -0.3 is 9.47 Å². The Balaban J connectivity index is 1.47. The van der Waals surface area contributed by atoms with Gasteiger partial charge in [0, 0.05) is 16.0 Å². The Labute approximate surface area is 142 Å². The molecule has 0 amide bonds. The maximum Gasteiger partial charge on any atom is 0.183 e. The van der Waals surface area contributed by atoms with Crippen LogP contribution < -0.4 is 0 Å². The molecule has 1 saturated carbocycles. The SMILES string of the molecule is CCCC1CCC([C@H]2CO[C@H](c3ccc(Br)cc3)OC2)CC1. The van der Waals surface area contributed by atoms with E-state index in [4.69, 9.17) is 9.47 Å². The van der Waals surface area contributed by atoms with Crippen LogP contribution in [-0.2, 0) is 9.47 Å². The van der Waals surface area contributed by atoms with Crippen LogP contribution >= 0.6 is 15.9 Å². The normalized spacial score (nSPS) is 32.8. The fraction of sp³-hybridized carbons (Fsp3) is 0.684. The van der Waals surface area contributed by atoms with E-state index in [1.165, 1.54) is 38.5 Å². The van der Waals surface area contributed by atoms with Gasteiger partial charge in [-0.25, -0.2) is 0 Å². The van der Waals surface area contributed by atoms with Crippen molar-refractivity contribution < 1.29 is 9.47 Å². The van der Waals surface area contributed by atoms with Crippen molar-refractivity contribution in [2.45, 2.75) is 51.7 Å². The lowest BCUT2D eigenvalue weighted by Gasteiger charge is -2.37. The average molecular weight is 367 g/mol. The summed E-state index contributed by atoms with van der Waals surface area (Å²) < 4.78 is 13.1. The summed E-state index contributed by atoms with van der Waals surface area (Å²) >= 11 is 3.47. The third-order valence-corrected chi connectivity index (χ3v) is 5.85. The Morgan fingerprint density at radius 1 is 0.955 bits per heavy atom. The van der Waals surface area contributed by atoms with Crippen LogP contribution in [0.3, 0.4) is 0 Å². The first-order valence-electron chi connectivity index (χ1n) is 8.75. The van der Waals surface area contributed by atoms with Gasteiger partial charge in [-0.05, 0) is 36.8 Å². The number of rotatable bonds is 4. The molecule has 122 valence electrons. The molecule has 1 heterocycles. The fourth-order valence-corrected chi connectivity index (χ4v) is 4.22. The molecular weight excluding hydrogens is 340 g/mol. The first-order valence-corrected chi connectivity index (χ1v) is 9.54. The quantitative estimate of drug-likeness (QED) is 0.678. The van der Waals surface area contributed by atoms with Crippen LogP contribution in [0, 0.1) is 17.8 Å². The van der Waals surface area contributed by atoms with E-state index in [1.807, 2.05) is 12.1 Å². The van der Waals surface area contributed by atoms with Gasteiger partial charge >= 0.3 is 0 Å². The van der Waals surface area contributed by atoms with Crippen LogP contribution in [0.1, 0.15) is 57.3 Å². The van der Waals surface area contributed by atoms with Crippen LogP contribution in [0.25, 0.3) is 0 Å². The van der Waals surface area contributed by atoms with Crippen LogP contribution in [0.15, 0.2) is 28.7 Å². The molecule has 3 rings (SSSR count). The lowest BCUT2D eigenvalue weighted by atomic mass is 9.75. The molecule has 22 heavy (non-hydrogen) atoms. The molecule has 0 radical (unpaired) electrons. The average Bonchev–Trinajstić information content (AvgIpc) is 2.57. The second-order valence-corrected chi connectivity index (χ2v) is 7.80. The van der Waals surface area contributed by atoms with Crippen molar-refractivity contribution in [3.63, 3.8) is 0 Å². The number of benzene rings is 1. The van der Waals surface area contributed by atoms with E-state index >= 15 is 0 Å². The summed E-state index contributed by atoms with van der Waals surface area (Å²) in [5, 5.41) is 0. The Kier molecular flexibility index (Phi) is 5.95. The first kappa shape index (κ1) is 16.5. The highest BCUT2D eigenvalue weighted by atomic mass is 79.9. The minimum Gasteiger partial charge on any atom is -0.348 e. The predicted molar refractivity (Wildman–Crippen MR) is 92.6 cm³/mol. The van der Waals surface area contributed by atoms with Crippen LogP contribution in [0.4, 0.5) is 0 Å². The molecular formula is C19H27BrO2. The molecule has 0 bridgehead atoms. The fourth-order valence-electron chi connectivity index (χ4n) is 3.96. The van der Waals surface area contributed by atoms with Gasteiger partial charge in [0.1, 0.15) is 0 Å². The van der Waals surface area contributed by atoms with E-state index < -0.39 is 0 Å². The van der Waals surface area contributed by atoms with Crippen molar-refractivity contribution in [2.75, 3.05) is 13.2 Å². The molecule has 1 aliphatic heterocycles. The Hall–Kier alpha value is -0.380. The molecule has 1 aliphatic carbocycles. The number of halogens is 1. The monoisotopic (exact) mass is 366 g/mol. The maximum absolute atomic E-state index is 6.01. The third-order valence-electron chi connectivity index (χ3n) is 5.32. The molecule has 3 heteroatoms. The molecule has 0 unspecified atom stereocenters. The number of ether oxygens (including phenoxy) is 2. The highest BCUT2D eigenvalue weighted by Crippen LogP contribution is 2.38. The zero-order valence-corrected chi connectivity index (χ0v) is 15.1. The van der Waals surface area contributed by atoms with Gasteiger partial charge in [0.05, 0.1) is 13.2 Å². The third kappa shape index (κ3) is 4.12. The molecule has 0 atom stereocenters. The predicted octanol–water partition coefficient (Wildman–Crippen LogP) is 5.72. The molecule has 2 nitrogen and oxygen atoms in total. The highest BCUT2D eigenvalue weighted by Gasteiger charge is 2.32. The van der Waals surface area contributed by atoms with E-state index in [-0.39, 0.29) is 6.29 Å². The molecule has 1 saturated heterocycles. The van der Waals surface area contributed by atoms with Gasteiger partial charge in [-0.3, -0.25) is 0 Å². The topological polar surface area (TPSA) is 18.5 Å². The summed E-state index contributed by atoms with van der Waals surface area (Å²) in [6, 6.07) is 8.24. The van der Waals surface area contributed by atoms with E-state index in [2.05, 4.69) is 35.0 Å². The minimum absolute atomic E-state index is 0.180. The van der Waals surface area contributed by atoms with E-state index in [0.717, 1.165) is 35.1 Å². The van der Waals surface area contributed by atoms with Crippen molar-refractivity contribution >= 4 is 15.9 Å². The molecule has 1 aromatic rings. The molecule has 0 spiro atoms. The van der Waals surface area contributed by atoms with E-state index in [0.29, 0.717) is 5.92 Å². The smallest absolute Gasteiger partial charge is 0.183 e. The molecule has 0 N–H and O–H groups in total. The van der Waals surface area contributed by atoms with Gasteiger partial charge in [0.2, 0.25) is 0 Å². The van der Waals surface area contributed by atoms with Gasteiger partial charge in [-0.1, -0.05) is 60.7 Å². The summed E-state index contributed by atoms with van der Waals surface area (Å²) in [6.45, 7) is 4.00. The lowest BCUT2D eigenvalue weighted by Crippen LogP contribution is -2.34. The van der Waals surface area contributed by atoms with E-state index in [9.17, 15) is 0 Å². The Bertz CT molecular complexity index is 443. The van der Waals surface area contributed by atoms with Gasteiger partial charge in [0.15, 0.2) is 6.29 Å². The number of hydrogen-bond acceptors (Lipinski definition) is 2. The van der Waals surface area contributed by atoms with Gasteiger partial charge in [0.25, 0.3) is 0 Å². The summed E-state index contributed by atoms with van der Waals surface area (Å²) in [7, 11) is 0. The second-order valence-electron chi connectivity index (χ2n) is 6.88. The second kappa shape index (κ2) is 7.94. The molecule has 2 aliphatic rings. The first-order chi connectivity index (χ1) is 10.8. The van der Waals surface area contributed by atoms with Crippen molar-refractivity contribution in [3.8, 4) is 0 Å². The van der Waals surface area contributed by atoms with Gasteiger partial charge in [-0.15, -0.1) is 0 Å². The zero-order valence-electron chi connectivity index (χ0n) is 13.5. The van der Waals surface area contributed by atoms with Crippen LogP contribution in [0.5, 0.6) is 0 Å². The summed E-state index contributed by atoms with van der Waals surface area (Å²) in [6.07, 6.45) is 8.11. The van der Waals surface area contributed by atoms with Crippen molar-refractivity contribution in [1.29, 1.82) is 0 Å². The van der Waals surface area contributed by atoms with E-state index in [1.54, 1.807) is 0 Å². The zero-order chi connectivity index (χ0) is 15.4. The van der Waals surface area contributed by atoms with Crippen molar-refractivity contribution in [3.05, 3.63) is 34.3 Å². The molecule has 1 aromatic carbocycles. The summed E-state index contributed by atoms with van der Waals surface area (Å²) in [4.78, 5) is 0. The van der Waals surface area contributed by atoms with Crippen molar-refractivity contribution in [2.24, 2.45) is 17.8 Å². The summed E-state index contributed by atoms with van der Waals surface area (Å²) in [5.41, 5.74) is 1.12. The Morgan fingerprint density at radius 3 is 2.18 bits per heavy atom. The van der Waals surface area contributed by atoms with Crippen LogP contribution in [-0.4, -0.2) is 13.2 Å². The largest absolute Gasteiger partial charge is 0.348 e. The highest BCUT2D eigenvalue weighted by molar-refractivity contribution is 9.10. The maximum atomic E-state index is 6.01. The lowest BCUT2D eigenvalue weighted by molar-refractivity contribution is -0.214. The standard InChI is InChI=1S/C19H27BrO2/c1-2-3-14-4-6-15(7-5-14)17-12-21-19(22-13-17)16-8-10-18(20)11-9-16/h8-11,14-15,17,19H,2-7,12-13H2,1H3/t14?,15?,17-,19-. The van der Waals surface area contributed by atoms with Gasteiger partial charge in [-0.2, -0.15) is 0 Å². The molecule has 0 aromatic heterocycles. The minimum atomic E-state index is -0.180. The van der Waals surface area contributed by atoms with Crippen molar-refractivity contribution in [1.82, 2.24) is 0 Å². The Morgan fingerprint density at radius 2 is 1.59 bits per heavy atom. The number of hydrogen-bond donors (Lipinski definition) is 0. The molecule has 2 fully saturated rings.